The first-order valence-corrected chi connectivity index (χ1v) is 7.35. The van der Waals surface area contributed by atoms with Crippen LogP contribution in [0.1, 0.15) is 17.5 Å². The summed E-state index contributed by atoms with van der Waals surface area (Å²) in [5, 5.41) is 8.40. The summed E-state index contributed by atoms with van der Waals surface area (Å²) in [5.41, 5.74) is -0.640. The number of nitrogens with one attached hydrogen (secondary N) is 1. The highest BCUT2D eigenvalue weighted by molar-refractivity contribution is 7.87. The van der Waals surface area contributed by atoms with E-state index in [1.165, 1.54) is 19.2 Å². The van der Waals surface area contributed by atoms with Crippen molar-refractivity contribution in [2.75, 3.05) is 13.6 Å². The van der Waals surface area contributed by atoms with Crippen LogP contribution in [0.4, 0.5) is 13.2 Å². The van der Waals surface area contributed by atoms with Gasteiger partial charge in [-0.2, -0.15) is 35.9 Å². The largest absolute Gasteiger partial charge is 0.416 e. The van der Waals surface area contributed by atoms with Gasteiger partial charge in [-0.25, -0.2) is 0 Å². The molecule has 0 aliphatic rings. The van der Waals surface area contributed by atoms with Crippen LogP contribution >= 0.6 is 0 Å². The fraction of sp³-hybridized carbons (Fsp3) is 0.417. The van der Waals surface area contributed by atoms with E-state index in [0.717, 1.165) is 16.4 Å². The lowest BCUT2D eigenvalue weighted by Gasteiger charge is -2.16. The smallest absolute Gasteiger partial charge is 0.198 e. The number of halogens is 3. The van der Waals surface area contributed by atoms with Crippen LogP contribution < -0.4 is 4.72 Å². The monoisotopic (exact) mass is 321 g/mol. The summed E-state index contributed by atoms with van der Waals surface area (Å²) in [4.78, 5) is 0. The zero-order valence-corrected chi connectivity index (χ0v) is 12.0. The van der Waals surface area contributed by atoms with Crippen molar-refractivity contribution in [1.29, 1.82) is 5.26 Å². The number of hydrogen-bond donors (Lipinski definition) is 1. The Labute approximate surface area is 121 Å². The van der Waals surface area contributed by atoms with E-state index in [-0.39, 0.29) is 25.1 Å². The second kappa shape index (κ2) is 6.89. The van der Waals surface area contributed by atoms with Crippen molar-refractivity contribution < 1.29 is 21.6 Å². The van der Waals surface area contributed by atoms with Gasteiger partial charge in [0.1, 0.15) is 0 Å². The van der Waals surface area contributed by atoms with Crippen LogP contribution in [0.5, 0.6) is 0 Å². The van der Waals surface area contributed by atoms with E-state index in [1.807, 2.05) is 6.07 Å². The third-order valence-corrected chi connectivity index (χ3v) is 4.17. The highest BCUT2D eigenvalue weighted by atomic mass is 32.2. The van der Waals surface area contributed by atoms with Crippen LogP contribution in [0, 0.1) is 11.3 Å². The van der Waals surface area contributed by atoms with E-state index in [4.69, 9.17) is 5.26 Å². The summed E-state index contributed by atoms with van der Waals surface area (Å²) in [6.45, 7) is -0.252. The molecule has 9 heteroatoms. The fourth-order valence-electron chi connectivity index (χ4n) is 1.47. The van der Waals surface area contributed by atoms with Gasteiger partial charge in [-0.15, -0.1) is 0 Å². The van der Waals surface area contributed by atoms with E-state index >= 15 is 0 Å². The van der Waals surface area contributed by atoms with E-state index in [2.05, 4.69) is 4.72 Å². The minimum absolute atomic E-state index is 0.00836. The third-order valence-electron chi connectivity index (χ3n) is 2.66. The molecule has 0 aliphatic carbocycles. The maximum absolute atomic E-state index is 12.5. The van der Waals surface area contributed by atoms with E-state index in [1.54, 1.807) is 0 Å². The Morgan fingerprint density at radius 3 is 2.62 bits per heavy atom. The Hall–Kier alpha value is -1.63. The molecule has 21 heavy (non-hydrogen) atoms. The first kappa shape index (κ1) is 17.4. The van der Waals surface area contributed by atoms with Gasteiger partial charge < -0.3 is 0 Å². The Balaban J connectivity index is 2.73. The number of benzene rings is 1. The molecule has 0 bridgehead atoms. The predicted molar refractivity (Wildman–Crippen MR) is 70.1 cm³/mol. The number of nitriles is 1. The van der Waals surface area contributed by atoms with Crippen molar-refractivity contribution in [2.45, 2.75) is 19.1 Å². The molecule has 0 spiro atoms. The maximum atomic E-state index is 12.5. The van der Waals surface area contributed by atoms with Crippen molar-refractivity contribution in [3.8, 4) is 6.07 Å². The summed E-state index contributed by atoms with van der Waals surface area (Å²) < 4.78 is 64.3. The van der Waals surface area contributed by atoms with Gasteiger partial charge in [-0.3, -0.25) is 0 Å². The number of rotatable bonds is 6. The Morgan fingerprint density at radius 2 is 2.05 bits per heavy atom. The van der Waals surface area contributed by atoms with Crippen LogP contribution in [0.3, 0.4) is 0 Å². The van der Waals surface area contributed by atoms with Gasteiger partial charge >= 0.3 is 6.18 Å². The van der Waals surface area contributed by atoms with Gasteiger partial charge in [0, 0.05) is 26.6 Å². The predicted octanol–water partition coefficient (Wildman–Crippen LogP) is 1.89. The van der Waals surface area contributed by atoms with Gasteiger partial charge in [0.15, 0.2) is 0 Å². The molecule has 1 aromatic carbocycles. The van der Waals surface area contributed by atoms with Gasteiger partial charge in [0.2, 0.25) is 0 Å². The van der Waals surface area contributed by atoms with Crippen LogP contribution in [-0.2, 0) is 22.9 Å². The quantitative estimate of drug-likeness (QED) is 0.869. The fourth-order valence-corrected chi connectivity index (χ4v) is 2.37. The molecule has 0 atom stereocenters. The molecule has 5 nitrogen and oxygen atoms in total. The van der Waals surface area contributed by atoms with Crippen LogP contribution in [0.15, 0.2) is 24.3 Å². The average molecular weight is 321 g/mol. The molecule has 0 aromatic heterocycles. The maximum Gasteiger partial charge on any atom is 0.416 e. The molecular weight excluding hydrogens is 307 g/mol. The van der Waals surface area contributed by atoms with Crippen molar-refractivity contribution >= 4 is 10.2 Å². The Bertz CT molecular complexity index is 623. The molecule has 1 N–H and O–H groups in total. The molecule has 116 valence electrons. The molecule has 0 radical (unpaired) electrons. The van der Waals surface area contributed by atoms with Gasteiger partial charge in [0.05, 0.1) is 11.6 Å². The third kappa shape index (κ3) is 5.34. The topological polar surface area (TPSA) is 73.2 Å². The van der Waals surface area contributed by atoms with Crippen molar-refractivity contribution in [2.24, 2.45) is 0 Å². The van der Waals surface area contributed by atoms with Crippen LogP contribution in [0.25, 0.3) is 0 Å². The highest BCUT2D eigenvalue weighted by Crippen LogP contribution is 2.29. The molecule has 0 heterocycles. The van der Waals surface area contributed by atoms with Crippen LogP contribution in [-0.4, -0.2) is 26.3 Å². The van der Waals surface area contributed by atoms with Crippen molar-refractivity contribution in [3.05, 3.63) is 35.4 Å². The molecule has 0 saturated carbocycles. The summed E-state index contributed by atoms with van der Waals surface area (Å²) in [7, 11) is -2.54. The normalized spacial score (nSPS) is 12.4. The molecule has 0 unspecified atom stereocenters. The highest BCUT2D eigenvalue weighted by Gasteiger charge is 2.30. The lowest BCUT2D eigenvalue weighted by Crippen LogP contribution is -2.38. The summed E-state index contributed by atoms with van der Waals surface area (Å²) in [6, 6.07) is 6.22. The number of alkyl halides is 3. The summed E-state index contributed by atoms with van der Waals surface area (Å²) in [6.07, 6.45) is -4.44. The van der Waals surface area contributed by atoms with E-state index in [9.17, 15) is 21.6 Å². The molecule has 0 amide bonds. The summed E-state index contributed by atoms with van der Waals surface area (Å²) in [5.74, 6) is 0. The molecule has 1 aromatic rings. The van der Waals surface area contributed by atoms with Crippen molar-refractivity contribution in [1.82, 2.24) is 9.03 Å². The Morgan fingerprint density at radius 1 is 1.38 bits per heavy atom. The lowest BCUT2D eigenvalue weighted by atomic mass is 10.1. The minimum atomic E-state index is -4.47. The van der Waals surface area contributed by atoms with Gasteiger partial charge in [0.25, 0.3) is 10.2 Å². The number of hydrogen-bond acceptors (Lipinski definition) is 3. The van der Waals surface area contributed by atoms with Crippen LogP contribution in [0.2, 0.25) is 0 Å². The minimum Gasteiger partial charge on any atom is -0.198 e. The molecule has 0 aliphatic heterocycles. The van der Waals surface area contributed by atoms with Gasteiger partial charge in [-0.05, 0) is 11.6 Å². The second-order valence-corrected chi connectivity index (χ2v) is 6.12. The van der Waals surface area contributed by atoms with E-state index < -0.39 is 21.9 Å². The first-order valence-electron chi connectivity index (χ1n) is 5.91. The van der Waals surface area contributed by atoms with E-state index in [0.29, 0.717) is 0 Å². The first-order chi connectivity index (χ1) is 9.66. The average Bonchev–Trinajstić information content (AvgIpc) is 2.42. The summed E-state index contributed by atoms with van der Waals surface area (Å²) >= 11 is 0. The Kier molecular flexibility index (Phi) is 5.71. The molecule has 1 rings (SSSR count). The lowest BCUT2D eigenvalue weighted by molar-refractivity contribution is -0.137. The SMILES string of the molecule is CN(CCC#N)S(=O)(=O)NCc1cccc(C(F)(F)F)c1. The molecule has 0 fully saturated rings. The number of nitrogens with zero attached hydrogens (tertiary/aromatic N) is 2. The molecule has 0 saturated heterocycles. The standard InChI is InChI=1S/C12H14F3N3O2S/c1-18(7-3-6-16)21(19,20)17-9-10-4-2-5-11(8-10)12(13,14)15/h2,4-5,8,17H,3,7,9H2,1H3. The zero-order valence-electron chi connectivity index (χ0n) is 11.2. The zero-order chi connectivity index (χ0) is 16.1. The van der Waals surface area contributed by atoms with Crippen molar-refractivity contribution in [3.63, 3.8) is 0 Å². The second-order valence-electron chi connectivity index (χ2n) is 4.25. The van der Waals surface area contributed by atoms with Gasteiger partial charge in [-0.1, -0.05) is 18.2 Å². The molecular formula is C12H14F3N3O2S.